The van der Waals surface area contributed by atoms with E-state index in [0.29, 0.717) is 54.2 Å². The Labute approximate surface area is 230 Å². The molecular formula is C25H30ClFN4O5S2. The second-order valence-corrected chi connectivity index (χ2v) is 12.5. The number of amidine groups is 1. The minimum Gasteiger partial charge on any atom is -0.466 e. The van der Waals surface area contributed by atoms with E-state index in [2.05, 4.69) is 10.3 Å². The lowest BCUT2D eigenvalue weighted by Gasteiger charge is -2.38. The summed E-state index contributed by atoms with van der Waals surface area (Å²) in [6, 6.07) is 2.92. The zero-order chi connectivity index (χ0) is 27.4. The van der Waals surface area contributed by atoms with Crippen LogP contribution in [0, 0.1) is 11.7 Å². The highest BCUT2D eigenvalue weighted by molar-refractivity contribution is 7.88. The molecule has 1 aromatic carbocycles. The van der Waals surface area contributed by atoms with Crippen LogP contribution in [0.15, 0.2) is 46.0 Å². The zero-order valence-corrected chi connectivity index (χ0v) is 23.5. The number of thiazole rings is 1. The number of aliphatic hydroxyl groups is 1. The van der Waals surface area contributed by atoms with E-state index in [0.717, 1.165) is 0 Å². The van der Waals surface area contributed by atoms with Gasteiger partial charge in [-0.25, -0.2) is 22.6 Å². The maximum absolute atomic E-state index is 13.9. The molecule has 4 rings (SSSR count). The van der Waals surface area contributed by atoms with Gasteiger partial charge in [0, 0.05) is 47.1 Å². The van der Waals surface area contributed by atoms with Gasteiger partial charge < -0.3 is 15.2 Å². The molecule has 1 saturated carbocycles. The van der Waals surface area contributed by atoms with E-state index in [1.165, 1.54) is 47.2 Å². The fourth-order valence-corrected chi connectivity index (χ4v) is 7.19. The van der Waals surface area contributed by atoms with Crippen LogP contribution in [0.2, 0.25) is 5.02 Å². The molecular weight excluding hydrogens is 555 g/mol. The predicted molar refractivity (Wildman–Crippen MR) is 144 cm³/mol. The number of nitrogens with one attached hydrogen (secondary N) is 1. The first-order valence-corrected chi connectivity index (χ1v) is 15.3. The molecule has 0 amide bonds. The van der Waals surface area contributed by atoms with E-state index in [1.54, 1.807) is 6.20 Å². The Kier molecular flexibility index (Phi) is 9.19. The van der Waals surface area contributed by atoms with E-state index in [-0.39, 0.29) is 35.7 Å². The average Bonchev–Trinajstić information content (AvgIpc) is 3.43. The number of esters is 1. The maximum atomic E-state index is 13.9. The molecule has 1 fully saturated rings. The summed E-state index contributed by atoms with van der Waals surface area (Å²) in [7, 11) is -2.16. The minimum absolute atomic E-state index is 0.0904. The summed E-state index contributed by atoms with van der Waals surface area (Å²) in [5.74, 6) is -0.735. The third kappa shape index (κ3) is 6.26. The number of rotatable bonds is 9. The number of allylic oxidation sites excluding steroid dienone is 1. The Morgan fingerprint density at radius 3 is 2.63 bits per heavy atom. The molecule has 206 valence electrons. The number of ether oxygens (including phenoxy) is 1. The van der Waals surface area contributed by atoms with Gasteiger partial charge in [-0.2, -0.15) is 4.31 Å². The summed E-state index contributed by atoms with van der Waals surface area (Å²) in [5.41, 5.74) is 1.37. The first kappa shape index (κ1) is 28.6. The highest BCUT2D eigenvalue weighted by atomic mass is 35.5. The summed E-state index contributed by atoms with van der Waals surface area (Å²) in [6.45, 7) is 0.165. The van der Waals surface area contributed by atoms with Crippen LogP contribution in [0.5, 0.6) is 0 Å². The van der Waals surface area contributed by atoms with Crippen molar-refractivity contribution in [3.63, 3.8) is 0 Å². The van der Waals surface area contributed by atoms with Crippen molar-refractivity contribution in [2.45, 2.75) is 44.2 Å². The van der Waals surface area contributed by atoms with Crippen molar-refractivity contribution in [2.24, 2.45) is 10.9 Å². The molecule has 1 unspecified atom stereocenters. The standard InChI is InChI=1S/C25H30ClFN4O5S2/c1-36-25(33)20-21(15-4-7-17(8-5-15)31(11-3-12-32)38(2,34)35)29-23(24-28-10-13-37-24)30-22(20)18-9-6-16(27)14-19(18)26/h6,9-10,13-15,17,22,32H,3-5,7-8,11-12H2,1-2H3,(H,29,30). The number of halogens is 2. The minimum atomic E-state index is -3.45. The van der Waals surface area contributed by atoms with E-state index in [4.69, 9.17) is 21.3 Å². The van der Waals surface area contributed by atoms with Gasteiger partial charge in [0.25, 0.3) is 0 Å². The number of carbonyl (C=O) groups excluding carboxylic acids is 1. The van der Waals surface area contributed by atoms with Gasteiger partial charge in [-0.3, -0.25) is 4.99 Å². The molecule has 1 aromatic heterocycles. The van der Waals surface area contributed by atoms with Crippen molar-refractivity contribution >= 4 is 44.8 Å². The van der Waals surface area contributed by atoms with Crippen molar-refractivity contribution in [3.8, 4) is 0 Å². The van der Waals surface area contributed by atoms with Crippen molar-refractivity contribution in [2.75, 3.05) is 26.5 Å². The number of benzene rings is 1. The molecule has 13 heteroatoms. The van der Waals surface area contributed by atoms with Crippen LogP contribution in [0.1, 0.15) is 48.7 Å². The molecule has 2 aromatic rings. The number of aromatic nitrogens is 1. The molecule has 0 spiro atoms. The fourth-order valence-electron chi connectivity index (χ4n) is 5.12. The van der Waals surface area contributed by atoms with Gasteiger partial charge in [0.2, 0.25) is 10.0 Å². The van der Waals surface area contributed by atoms with Crippen molar-refractivity contribution in [1.29, 1.82) is 0 Å². The number of nitrogens with zero attached hydrogens (tertiary/aromatic N) is 3. The van der Waals surface area contributed by atoms with Crippen LogP contribution in [0.3, 0.4) is 0 Å². The molecule has 2 heterocycles. The number of hydrogen-bond acceptors (Lipinski definition) is 9. The second-order valence-electron chi connectivity index (χ2n) is 9.28. The van der Waals surface area contributed by atoms with E-state index >= 15 is 0 Å². The van der Waals surface area contributed by atoms with Gasteiger partial charge in [0.05, 0.1) is 18.9 Å². The first-order chi connectivity index (χ1) is 18.1. The van der Waals surface area contributed by atoms with Crippen LogP contribution in [0.25, 0.3) is 0 Å². The quantitative estimate of drug-likeness (QED) is 0.431. The summed E-state index contributed by atoms with van der Waals surface area (Å²) in [5, 5.41) is 15.1. The number of carbonyl (C=O) groups is 1. The average molecular weight is 585 g/mol. The number of hydrogen-bond donors (Lipinski definition) is 2. The van der Waals surface area contributed by atoms with Gasteiger partial charge >= 0.3 is 5.97 Å². The SMILES string of the molecule is COC(=O)C1=C(C2CCC(N(CCCO)S(C)(=O)=O)CC2)NC(c2nccs2)=NC1c1ccc(F)cc1Cl. The lowest BCUT2D eigenvalue weighted by atomic mass is 9.80. The lowest BCUT2D eigenvalue weighted by molar-refractivity contribution is -0.136. The molecule has 1 aliphatic carbocycles. The predicted octanol–water partition coefficient (Wildman–Crippen LogP) is 3.66. The summed E-state index contributed by atoms with van der Waals surface area (Å²) < 4.78 is 45.3. The van der Waals surface area contributed by atoms with E-state index < -0.39 is 27.9 Å². The third-order valence-electron chi connectivity index (χ3n) is 6.85. The van der Waals surface area contributed by atoms with E-state index in [1.807, 2.05) is 5.38 Å². The smallest absolute Gasteiger partial charge is 0.338 e. The van der Waals surface area contributed by atoms with Crippen LogP contribution >= 0.6 is 22.9 Å². The Morgan fingerprint density at radius 1 is 1.32 bits per heavy atom. The maximum Gasteiger partial charge on any atom is 0.338 e. The van der Waals surface area contributed by atoms with Gasteiger partial charge in [0.1, 0.15) is 11.9 Å². The van der Waals surface area contributed by atoms with Gasteiger partial charge in [0.15, 0.2) is 10.8 Å². The largest absolute Gasteiger partial charge is 0.466 e. The van der Waals surface area contributed by atoms with Crippen LogP contribution < -0.4 is 5.32 Å². The normalized spacial score (nSPS) is 22.3. The molecule has 38 heavy (non-hydrogen) atoms. The first-order valence-electron chi connectivity index (χ1n) is 12.2. The van der Waals surface area contributed by atoms with Gasteiger partial charge in [-0.1, -0.05) is 17.7 Å². The Bertz CT molecular complexity index is 1330. The zero-order valence-electron chi connectivity index (χ0n) is 21.1. The van der Waals surface area contributed by atoms with Crippen LogP contribution in [0.4, 0.5) is 4.39 Å². The highest BCUT2D eigenvalue weighted by Crippen LogP contribution is 2.41. The monoisotopic (exact) mass is 584 g/mol. The fraction of sp³-hybridized carbons (Fsp3) is 0.480. The molecule has 0 saturated heterocycles. The lowest BCUT2D eigenvalue weighted by Crippen LogP contribution is -2.44. The molecule has 2 aliphatic rings. The number of methoxy groups -OCH3 is 1. The molecule has 0 bridgehead atoms. The molecule has 1 atom stereocenters. The van der Waals surface area contributed by atoms with Crippen LogP contribution in [-0.2, 0) is 19.6 Å². The van der Waals surface area contributed by atoms with Gasteiger partial charge in [-0.05, 0) is 50.2 Å². The molecule has 1 aliphatic heterocycles. The summed E-state index contributed by atoms with van der Waals surface area (Å²) >= 11 is 7.80. The third-order valence-corrected chi connectivity index (χ3v) is 9.29. The number of sulfonamides is 1. The Balaban J connectivity index is 1.72. The molecule has 9 nitrogen and oxygen atoms in total. The van der Waals surface area contributed by atoms with Gasteiger partial charge in [-0.15, -0.1) is 11.3 Å². The molecule has 2 N–H and O–H groups in total. The Hall–Kier alpha value is -2.38. The van der Waals surface area contributed by atoms with Crippen molar-refractivity contribution < 1.29 is 27.4 Å². The van der Waals surface area contributed by atoms with Crippen molar-refractivity contribution in [1.82, 2.24) is 14.6 Å². The van der Waals surface area contributed by atoms with Crippen molar-refractivity contribution in [3.05, 3.63) is 62.5 Å². The van der Waals surface area contributed by atoms with Crippen LogP contribution in [-0.4, -0.2) is 67.2 Å². The number of aliphatic hydroxyl groups excluding tert-OH is 1. The topological polar surface area (TPSA) is 121 Å². The highest BCUT2D eigenvalue weighted by Gasteiger charge is 2.39. The Morgan fingerprint density at radius 2 is 2.05 bits per heavy atom. The number of aliphatic imine (C=N–C) groups is 1. The molecule has 0 radical (unpaired) electrons. The van der Waals surface area contributed by atoms with E-state index in [9.17, 15) is 22.7 Å². The summed E-state index contributed by atoms with van der Waals surface area (Å²) in [4.78, 5) is 22.3. The summed E-state index contributed by atoms with van der Waals surface area (Å²) in [6.07, 6.45) is 5.57. The second kappa shape index (κ2) is 12.2.